The van der Waals surface area contributed by atoms with Crippen molar-refractivity contribution in [2.45, 2.75) is 38.6 Å². The fraction of sp³-hybridized carbons (Fsp3) is 0.300. The van der Waals surface area contributed by atoms with Crippen LogP contribution in [-0.2, 0) is 12.8 Å². The normalized spacial score (nSPS) is 16.9. The highest BCUT2D eigenvalue weighted by molar-refractivity contribution is 5.67. The number of aromatic hydroxyl groups is 1. The first-order chi connectivity index (χ1) is 10.7. The predicted molar refractivity (Wildman–Crippen MR) is 91.8 cm³/mol. The third-order valence-electron chi connectivity index (χ3n) is 4.56. The van der Waals surface area contributed by atoms with Gasteiger partial charge in [-0.25, -0.2) is 0 Å². The van der Waals surface area contributed by atoms with Crippen molar-refractivity contribution in [1.29, 1.82) is 0 Å². The molecule has 3 rings (SSSR count). The Hall–Kier alpha value is -2.22. The maximum absolute atomic E-state index is 9.99. The molecule has 0 amide bonds. The number of aryl methyl sites for hydroxylation is 1. The Morgan fingerprint density at radius 1 is 1.23 bits per heavy atom. The van der Waals surface area contributed by atoms with E-state index in [2.05, 4.69) is 37.0 Å². The summed E-state index contributed by atoms with van der Waals surface area (Å²) >= 11 is 0. The molecule has 2 aromatic rings. The van der Waals surface area contributed by atoms with Gasteiger partial charge in [-0.2, -0.15) is 0 Å². The van der Waals surface area contributed by atoms with E-state index in [-0.39, 0.29) is 11.8 Å². The number of hydrogen-bond donors (Lipinski definition) is 2. The number of hydrogen-bond acceptors (Lipinski definition) is 2. The minimum atomic E-state index is 0.276. The zero-order valence-corrected chi connectivity index (χ0v) is 13.1. The quantitative estimate of drug-likeness (QED) is 0.864. The van der Waals surface area contributed by atoms with Gasteiger partial charge in [0.25, 0.3) is 0 Å². The number of fused-ring (bicyclic) bond motifs is 1. The van der Waals surface area contributed by atoms with Gasteiger partial charge in [0.2, 0.25) is 0 Å². The van der Waals surface area contributed by atoms with Gasteiger partial charge in [-0.05, 0) is 54.5 Å². The van der Waals surface area contributed by atoms with E-state index in [1.807, 2.05) is 18.2 Å². The number of phenolic OH excluding ortho intramolecular Hbond substituents is 1. The summed E-state index contributed by atoms with van der Waals surface area (Å²) in [5.41, 5.74) is 5.91. The first-order valence-electron chi connectivity index (χ1n) is 8.05. The highest BCUT2D eigenvalue weighted by atomic mass is 16.3. The lowest BCUT2D eigenvalue weighted by Gasteiger charge is -2.29. The molecule has 0 fully saturated rings. The smallest absolute Gasteiger partial charge is 0.124 e. The van der Waals surface area contributed by atoms with E-state index in [0.717, 1.165) is 24.1 Å². The Bertz CT molecular complexity index is 690. The van der Waals surface area contributed by atoms with Gasteiger partial charge in [-0.3, -0.25) is 0 Å². The molecule has 1 aliphatic carbocycles. The molecule has 1 unspecified atom stereocenters. The number of phenols is 1. The monoisotopic (exact) mass is 293 g/mol. The summed E-state index contributed by atoms with van der Waals surface area (Å²) < 4.78 is 0. The Labute approximate surface area is 132 Å². The summed E-state index contributed by atoms with van der Waals surface area (Å²) in [6, 6.07) is 14.2. The molecule has 2 aromatic carbocycles. The molecule has 0 radical (unpaired) electrons. The van der Waals surface area contributed by atoms with E-state index in [9.17, 15) is 5.11 Å². The third kappa shape index (κ3) is 2.74. The van der Waals surface area contributed by atoms with Crippen LogP contribution in [0.25, 0.3) is 5.70 Å². The number of nitrogens with one attached hydrogen (secondary N) is 1. The van der Waals surface area contributed by atoms with E-state index in [1.54, 1.807) is 6.07 Å². The van der Waals surface area contributed by atoms with Crippen molar-refractivity contribution in [2.24, 2.45) is 0 Å². The fourth-order valence-electron chi connectivity index (χ4n) is 3.42. The number of benzene rings is 2. The van der Waals surface area contributed by atoms with Gasteiger partial charge < -0.3 is 10.4 Å². The Morgan fingerprint density at radius 2 is 2.05 bits per heavy atom. The molecule has 0 aliphatic heterocycles. The van der Waals surface area contributed by atoms with Gasteiger partial charge in [-0.15, -0.1) is 0 Å². The largest absolute Gasteiger partial charge is 0.507 e. The summed E-state index contributed by atoms with van der Waals surface area (Å²) in [7, 11) is 0. The Balaban J connectivity index is 1.86. The lowest BCUT2D eigenvalue weighted by molar-refractivity contribution is 0.471. The summed E-state index contributed by atoms with van der Waals surface area (Å²) in [5, 5.41) is 13.5. The fourth-order valence-corrected chi connectivity index (χ4v) is 3.42. The zero-order valence-electron chi connectivity index (χ0n) is 13.1. The molecule has 1 atom stereocenters. The Morgan fingerprint density at radius 3 is 2.82 bits per heavy atom. The highest BCUT2D eigenvalue weighted by Gasteiger charge is 2.22. The molecule has 0 saturated heterocycles. The summed E-state index contributed by atoms with van der Waals surface area (Å²) in [6.45, 7) is 6.34. The average molecular weight is 293 g/mol. The molecule has 2 nitrogen and oxygen atoms in total. The molecular formula is C20H23NO. The van der Waals surface area contributed by atoms with Crippen LogP contribution >= 0.6 is 0 Å². The van der Waals surface area contributed by atoms with Gasteiger partial charge in [-0.1, -0.05) is 43.8 Å². The van der Waals surface area contributed by atoms with E-state index >= 15 is 0 Å². The zero-order chi connectivity index (χ0) is 15.5. The highest BCUT2D eigenvalue weighted by Crippen LogP contribution is 2.34. The van der Waals surface area contributed by atoms with E-state index in [0.29, 0.717) is 0 Å². The van der Waals surface area contributed by atoms with Gasteiger partial charge in [0.15, 0.2) is 0 Å². The molecule has 0 saturated carbocycles. The maximum Gasteiger partial charge on any atom is 0.124 e. The average Bonchev–Trinajstić information content (AvgIpc) is 2.55. The molecule has 1 aliphatic rings. The van der Waals surface area contributed by atoms with Crippen LogP contribution in [0.4, 0.5) is 0 Å². The van der Waals surface area contributed by atoms with Crippen molar-refractivity contribution in [3.05, 3.63) is 71.3 Å². The van der Waals surface area contributed by atoms with Crippen LogP contribution in [0.3, 0.4) is 0 Å². The SMILES string of the molecule is C=C(NC1CCCc2c(CC)cccc21)c1ccccc1O. The lowest BCUT2D eigenvalue weighted by atomic mass is 9.84. The molecule has 2 N–H and O–H groups in total. The maximum atomic E-state index is 9.99. The summed E-state index contributed by atoms with van der Waals surface area (Å²) in [6.07, 6.45) is 4.54. The van der Waals surface area contributed by atoms with Crippen molar-refractivity contribution in [3.8, 4) is 5.75 Å². The predicted octanol–water partition coefficient (Wildman–Crippen LogP) is 4.59. The van der Waals surface area contributed by atoms with E-state index in [1.165, 1.54) is 29.5 Å². The molecule has 2 heteroatoms. The van der Waals surface area contributed by atoms with Gasteiger partial charge in [0.1, 0.15) is 5.75 Å². The van der Waals surface area contributed by atoms with Crippen LogP contribution in [0.2, 0.25) is 0 Å². The summed E-state index contributed by atoms with van der Waals surface area (Å²) in [4.78, 5) is 0. The summed E-state index contributed by atoms with van der Waals surface area (Å²) in [5.74, 6) is 0.276. The molecule has 0 aromatic heterocycles. The molecule has 114 valence electrons. The van der Waals surface area contributed by atoms with Gasteiger partial charge in [0.05, 0.1) is 6.04 Å². The van der Waals surface area contributed by atoms with E-state index in [4.69, 9.17) is 0 Å². The van der Waals surface area contributed by atoms with Crippen LogP contribution < -0.4 is 5.32 Å². The molecule has 0 spiro atoms. The first-order valence-corrected chi connectivity index (χ1v) is 8.05. The standard InChI is InChI=1S/C20H23NO/c1-3-15-8-6-11-18-17(15)10-7-12-19(18)21-14(2)16-9-4-5-13-20(16)22/h4-6,8-9,11,13,19,21-22H,2-3,7,10,12H2,1H3. The Kier molecular flexibility index (Phi) is 4.19. The van der Waals surface area contributed by atoms with Crippen molar-refractivity contribution in [2.75, 3.05) is 0 Å². The van der Waals surface area contributed by atoms with Crippen LogP contribution in [0, 0.1) is 0 Å². The second kappa shape index (κ2) is 6.27. The van der Waals surface area contributed by atoms with Crippen molar-refractivity contribution >= 4 is 5.70 Å². The number of rotatable bonds is 4. The van der Waals surface area contributed by atoms with Crippen LogP contribution in [-0.4, -0.2) is 5.11 Å². The molecule has 0 heterocycles. The number of para-hydroxylation sites is 1. The second-order valence-corrected chi connectivity index (χ2v) is 5.92. The van der Waals surface area contributed by atoms with Crippen molar-refractivity contribution < 1.29 is 5.11 Å². The van der Waals surface area contributed by atoms with Crippen LogP contribution in [0.15, 0.2) is 49.0 Å². The van der Waals surface area contributed by atoms with Gasteiger partial charge >= 0.3 is 0 Å². The lowest BCUT2D eigenvalue weighted by Crippen LogP contribution is -2.24. The minimum absolute atomic E-state index is 0.276. The molecular weight excluding hydrogens is 270 g/mol. The van der Waals surface area contributed by atoms with Crippen LogP contribution in [0.1, 0.15) is 48.1 Å². The second-order valence-electron chi connectivity index (χ2n) is 5.92. The van der Waals surface area contributed by atoms with Crippen molar-refractivity contribution in [3.63, 3.8) is 0 Å². The molecule has 22 heavy (non-hydrogen) atoms. The van der Waals surface area contributed by atoms with Gasteiger partial charge in [0, 0.05) is 11.3 Å². The first kappa shape index (κ1) is 14.7. The topological polar surface area (TPSA) is 32.3 Å². The minimum Gasteiger partial charge on any atom is -0.507 e. The third-order valence-corrected chi connectivity index (χ3v) is 4.56. The van der Waals surface area contributed by atoms with Crippen molar-refractivity contribution in [1.82, 2.24) is 5.32 Å². The van der Waals surface area contributed by atoms with Crippen LogP contribution in [0.5, 0.6) is 5.75 Å². The van der Waals surface area contributed by atoms with E-state index < -0.39 is 0 Å². The molecule has 0 bridgehead atoms.